The second-order valence-electron chi connectivity index (χ2n) is 2.06. The highest BCUT2D eigenvalue weighted by atomic mass is 31.2. The molecule has 0 aromatic rings. The van der Waals surface area contributed by atoms with E-state index in [2.05, 4.69) is 13.4 Å². The Morgan fingerprint density at radius 2 is 1.83 bits per heavy atom. The SMILES string of the molecule is NCCC1(O)O[PH](=O)O[PH](=O)O1. The van der Waals surface area contributed by atoms with E-state index in [-0.39, 0.29) is 13.0 Å². The Morgan fingerprint density at radius 1 is 1.33 bits per heavy atom. The predicted octanol–water partition coefficient (Wildman–Crippen LogP) is -0.176. The summed E-state index contributed by atoms with van der Waals surface area (Å²) in [5.74, 6) is -2.11. The molecule has 1 fully saturated rings. The van der Waals surface area contributed by atoms with Crippen LogP contribution in [-0.4, -0.2) is 17.6 Å². The molecule has 12 heavy (non-hydrogen) atoms. The van der Waals surface area contributed by atoms with Gasteiger partial charge in [-0.05, 0) is 0 Å². The van der Waals surface area contributed by atoms with Crippen LogP contribution < -0.4 is 5.73 Å². The van der Waals surface area contributed by atoms with Crippen molar-refractivity contribution in [2.45, 2.75) is 12.4 Å². The Hall–Kier alpha value is 0.260. The van der Waals surface area contributed by atoms with E-state index >= 15 is 0 Å². The summed E-state index contributed by atoms with van der Waals surface area (Å²) in [5.41, 5.74) is 5.09. The van der Waals surface area contributed by atoms with Crippen molar-refractivity contribution in [3.05, 3.63) is 0 Å². The summed E-state index contributed by atoms with van der Waals surface area (Å²) >= 11 is 0. The van der Waals surface area contributed by atoms with Gasteiger partial charge in [0, 0.05) is 13.0 Å². The lowest BCUT2D eigenvalue weighted by Gasteiger charge is -2.29. The van der Waals surface area contributed by atoms with Gasteiger partial charge >= 0.3 is 16.5 Å². The number of rotatable bonds is 2. The molecule has 1 saturated heterocycles. The number of aliphatic hydroxyl groups is 1. The van der Waals surface area contributed by atoms with Gasteiger partial charge in [0.15, 0.2) is 0 Å². The van der Waals surface area contributed by atoms with Crippen LogP contribution in [0.15, 0.2) is 0 Å². The first-order chi connectivity index (χ1) is 5.56. The van der Waals surface area contributed by atoms with Crippen LogP contribution in [0.25, 0.3) is 0 Å². The minimum absolute atomic E-state index is 0.0563. The molecule has 2 unspecified atom stereocenters. The molecule has 0 radical (unpaired) electrons. The highest BCUT2D eigenvalue weighted by Gasteiger charge is 2.38. The van der Waals surface area contributed by atoms with E-state index in [9.17, 15) is 14.2 Å². The Bertz CT molecular complexity index is 203. The molecule has 2 atom stereocenters. The maximum atomic E-state index is 10.6. The molecular formula is C3H9NO6P2. The smallest absolute Gasteiger partial charge is 0.330 e. The van der Waals surface area contributed by atoms with Crippen molar-refractivity contribution in [2.24, 2.45) is 5.73 Å². The maximum absolute atomic E-state index is 10.6. The zero-order chi connectivity index (χ0) is 9.19. The van der Waals surface area contributed by atoms with Crippen molar-refractivity contribution in [1.29, 1.82) is 0 Å². The minimum Gasteiger partial charge on any atom is -0.343 e. The third kappa shape index (κ3) is 2.64. The van der Waals surface area contributed by atoms with E-state index in [0.29, 0.717) is 0 Å². The fourth-order valence-electron chi connectivity index (χ4n) is 0.675. The van der Waals surface area contributed by atoms with Crippen LogP contribution in [0.4, 0.5) is 0 Å². The van der Waals surface area contributed by atoms with Crippen LogP contribution in [0.2, 0.25) is 0 Å². The first-order valence-electron chi connectivity index (χ1n) is 3.12. The lowest BCUT2D eigenvalue weighted by Crippen LogP contribution is -2.35. The van der Waals surface area contributed by atoms with Gasteiger partial charge in [-0.25, -0.2) is 4.31 Å². The van der Waals surface area contributed by atoms with Crippen LogP contribution >= 0.6 is 16.5 Å². The average Bonchev–Trinajstić information content (AvgIpc) is 1.82. The quantitative estimate of drug-likeness (QED) is 0.617. The predicted molar refractivity (Wildman–Crippen MR) is 39.9 cm³/mol. The van der Waals surface area contributed by atoms with Crippen molar-refractivity contribution >= 4 is 16.5 Å². The molecule has 1 aliphatic rings. The van der Waals surface area contributed by atoms with Gasteiger partial charge in [0.2, 0.25) is 0 Å². The zero-order valence-corrected chi connectivity index (χ0v) is 7.98. The van der Waals surface area contributed by atoms with Crippen molar-refractivity contribution in [2.75, 3.05) is 6.54 Å². The van der Waals surface area contributed by atoms with Gasteiger partial charge in [0.05, 0.1) is 0 Å². The highest BCUT2D eigenvalue weighted by Crippen LogP contribution is 2.51. The fourth-order valence-corrected chi connectivity index (χ4v) is 2.44. The van der Waals surface area contributed by atoms with Crippen LogP contribution in [0.5, 0.6) is 0 Å². The Labute approximate surface area is 69.7 Å². The summed E-state index contributed by atoms with van der Waals surface area (Å²) in [5, 5.41) is 9.26. The number of hydrogen-bond acceptors (Lipinski definition) is 7. The molecule has 0 spiro atoms. The van der Waals surface area contributed by atoms with E-state index in [1.165, 1.54) is 0 Å². The molecule has 0 bridgehead atoms. The van der Waals surface area contributed by atoms with Gasteiger partial charge in [-0.2, -0.15) is 0 Å². The lowest BCUT2D eigenvalue weighted by molar-refractivity contribution is -0.282. The van der Waals surface area contributed by atoms with Gasteiger partial charge in [-0.1, -0.05) is 0 Å². The molecule has 0 aromatic heterocycles. The van der Waals surface area contributed by atoms with E-state index in [1.807, 2.05) is 0 Å². The van der Waals surface area contributed by atoms with Gasteiger partial charge < -0.3 is 10.8 Å². The molecule has 0 aliphatic carbocycles. The molecule has 1 rings (SSSR count). The Morgan fingerprint density at radius 3 is 2.25 bits per heavy atom. The van der Waals surface area contributed by atoms with E-state index < -0.39 is 22.5 Å². The Kier molecular flexibility index (Phi) is 3.43. The monoisotopic (exact) mass is 217 g/mol. The average molecular weight is 217 g/mol. The molecular weight excluding hydrogens is 208 g/mol. The topological polar surface area (TPSA) is 108 Å². The van der Waals surface area contributed by atoms with Gasteiger partial charge in [0.25, 0.3) is 5.97 Å². The Balaban J connectivity index is 2.64. The van der Waals surface area contributed by atoms with E-state index in [4.69, 9.17) is 5.73 Å². The van der Waals surface area contributed by atoms with E-state index in [0.717, 1.165) is 0 Å². The summed E-state index contributed by atoms with van der Waals surface area (Å²) in [6, 6.07) is 0. The molecule has 1 aliphatic heterocycles. The molecule has 0 saturated carbocycles. The molecule has 3 N–H and O–H groups in total. The third-order valence-corrected chi connectivity index (χ3v) is 3.42. The van der Waals surface area contributed by atoms with Gasteiger partial charge in [0.1, 0.15) is 0 Å². The fraction of sp³-hybridized carbons (Fsp3) is 1.00. The summed E-state index contributed by atoms with van der Waals surface area (Å²) in [7, 11) is -5.84. The molecule has 9 heteroatoms. The molecule has 0 amide bonds. The van der Waals surface area contributed by atoms with Crippen molar-refractivity contribution in [3.63, 3.8) is 0 Å². The zero-order valence-electron chi connectivity index (χ0n) is 5.98. The first-order valence-corrected chi connectivity index (χ1v) is 5.57. The van der Waals surface area contributed by atoms with Crippen molar-refractivity contribution < 1.29 is 27.6 Å². The molecule has 7 nitrogen and oxygen atoms in total. The summed E-state index contributed by atoms with van der Waals surface area (Å²) in [4.78, 5) is 0. The van der Waals surface area contributed by atoms with Crippen LogP contribution in [0, 0.1) is 0 Å². The number of hydrogen-bond donors (Lipinski definition) is 2. The van der Waals surface area contributed by atoms with Crippen molar-refractivity contribution in [1.82, 2.24) is 0 Å². The lowest BCUT2D eigenvalue weighted by atomic mass is 10.4. The van der Waals surface area contributed by atoms with Gasteiger partial charge in [-0.15, -0.1) is 0 Å². The first kappa shape index (κ1) is 10.3. The summed E-state index contributed by atoms with van der Waals surface area (Å²) in [6.45, 7) is 0.0563. The highest BCUT2D eigenvalue weighted by molar-refractivity contribution is 7.48. The molecule has 0 aromatic carbocycles. The van der Waals surface area contributed by atoms with Crippen LogP contribution in [0.3, 0.4) is 0 Å². The van der Waals surface area contributed by atoms with Crippen LogP contribution in [-0.2, 0) is 22.5 Å². The van der Waals surface area contributed by atoms with Gasteiger partial charge in [-0.3, -0.25) is 18.2 Å². The molecule has 72 valence electrons. The minimum atomic E-state index is -2.92. The second kappa shape index (κ2) is 3.98. The third-order valence-electron chi connectivity index (χ3n) is 1.11. The summed E-state index contributed by atoms with van der Waals surface area (Å²) in [6.07, 6.45) is -0.108. The largest absolute Gasteiger partial charge is 0.343 e. The van der Waals surface area contributed by atoms with Crippen molar-refractivity contribution in [3.8, 4) is 0 Å². The van der Waals surface area contributed by atoms with Crippen LogP contribution in [0.1, 0.15) is 6.42 Å². The van der Waals surface area contributed by atoms with E-state index in [1.54, 1.807) is 0 Å². The second-order valence-corrected chi connectivity index (χ2v) is 4.28. The normalized spacial score (nSPS) is 42.8. The summed E-state index contributed by atoms with van der Waals surface area (Å²) < 4.78 is 34.2. The standard InChI is InChI=1S/C3H9NO6P2/c4-2-1-3(5)8-11(6)10-12(7)9-3/h5,11-12H,1-2,4H2. The molecule has 1 heterocycles. The maximum Gasteiger partial charge on any atom is 0.330 e. The number of nitrogens with two attached hydrogens (primary N) is 1.